The van der Waals surface area contributed by atoms with E-state index in [0.29, 0.717) is 14.0 Å². The highest BCUT2D eigenvalue weighted by Gasteiger charge is 2.45. The molecule has 13 heteroatoms. The van der Waals surface area contributed by atoms with Gasteiger partial charge in [-0.1, -0.05) is 18.2 Å². The summed E-state index contributed by atoms with van der Waals surface area (Å²) in [6.07, 6.45) is 0. The van der Waals surface area contributed by atoms with Gasteiger partial charge in [-0.15, -0.1) is 0 Å². The standard InChI is InChI=1S/C22H10Br4FN3O5/c23-16-14-15(17(24)19(26)18(16)25)22(33)29(21(14)32)28(9-11-3-1-2-4-13(11)27)20(31)10-5-7-12(8-6-10)30(34)35/h1-8H,9H2. The van der Waals surface area contributed by atoms with Crippen LogP contribution in [0.4, 0.5) is 10.1 Å². The molecule has 1 aliphatic heterocycles. The summed E-state index contributed by atoms with van der Waals surface area (Å²) in [7, 11) is 0. The van der Waals surface area contributed by atoms with Gasteiger partial charge >= 0.3 is 0 Å². The van der Waals surface area contributed by atoms with Crippen LogP contribution in [0.5, 0.6) is 0 Å². The summed E-state index contributed by atoms with van der Waals surface area (Å²) in [6, 6.07) is 10.3. The third kappa shape index (κ3) is 4.46. The number of nitro groups is 1. The number of fused-ring (bicyclic) bond motifs is 1. The SMILES string of the molecule is O=C(c1ccc([N+](=O)[O-])cc1)N(Cc1ccccc1F)N1C(=O)c2c(Br)c(Br)c(Br)c(Br)c2C1=O. The van der Waals surface area contributed by atoms with E-state index in [0.717, 1.165) is 17.1 Å². The number of carbonyl (C=O) groups excluding carboxylic acids is 3. The number of non-ortho nitro benzene ring substituents is 1. The molecule has 0 bridgehead atoms. The molecule has 0 N–H and O–H groups in total. The molecule has 0 fully saturated rings. The third-order valence-corrected chi connectivity index (χ3v) is 9.93. The average Bonchev–Trinajstić information content (AvgIpc) is 3.10. The van der Waals surface area contributed by atoms with Crippen molar-refractivity contribution < 1.29 is 23.7 Å². The second-order valence-electron chi connectivity index (χ2n) is 7.19. The molecule has 3 amide bonds. The second kappa shape index (κ2) is 9.88. The summed E-state index contributed by atoms with van der Waals surface area (Å²) >= 11 is 13.3. The molecular formula is C22H10Br4FN3O5. The Hall–Kier alpha value is -2.48. The molecular weight excluding hydrogens is 725 g/mol. The summed E-state index contributed by atoms with van der Waals surface area (Å²) in [6.45, 7) is -0.453. The van der Waals surface area contributed by atoms with Crippen LogP contribution in [0.25, 0.3) is 0 Å². The van der Waals surface area contributed by atoms with Crippen LogP contribution in [0.2, 0.25) is 0 Å². The van der Waals surface area contributed by atoms with Crippen LogP contribution in [0, 0.1) is 15.9 Å². The van der Waals surface area contributed by atoms with E-state index in [2.05, 4.69) is 63.7 Å². The molecule has 0 saturated heterocycles. The molecule has 0 atom stereocenters. The monoisotopic (exact) mass is 731 g/mol. The number of hydrogen-bond donors (Lipinski definition) is 0. The van der Waals surface area contributed by atoms with E-state index in [4.69, 9.17) is 0 Å². The number of amides is 3. The summed E-state index contributed by atoms with van der Waals surface area (Å²) < 4.78 is 16.0. The van der Waals surface area contributed by atoms with Gasteiger partial charge in [0.25, 0.3) is 23.4 Å². The molecule has 1 aliphatic rings. The molecule has 4 rings (SSSR count). The van der Waals surface area contributed by atoms with Crippen LogP contribution in [-0.4, -0.2) is 32.7 Å². The predicted molar refractivity (Wildman–Crippen MR) is 137 cm³/mol. The predicted octanol–water partition coefficient (Wildman–Crippen LogP) is 6.64. The average molecular weight is 735 g/mol. The number of hydrazine groups is 1. The first-order valence-corrected chi connectivity index (χ1v) is 12.8. The normalized spacial score (nSPS) is 12.7. The lowest BCUT2D eigenvalue weighted by molar-refractivity contribution is -0.384. The highest BCUT2D eigenvalue weighted by atomic mass is 79.9. The van der Waals surface area contributed by atoms with Crippen LogP contribution < -0.4 is 0 Å². The lowest BCUT2D eigenvalue weighted by Gasteiger charge is -2.30. The Morgan fingerprint density at radius 1 is 0.886 bits per heavy atom. The number of halogens is 5. The Labute approximate surface area is 230 Å². The molecule has 0 spiro atoms. The fraction of sp³-hybridized carbons (Fsp3) is 0.0455. The topological polar surface area (TPSA) is 101 Å². The molecule has 8 nitrogen and oxygen atoms in total. The van der Waals surface area contributed by atoms with E-state index in [1.54, 1.807) is 6.07 Å². The van der Waals surface area contributed by atoms with Crippen molar-refractivity contribution in [2.24, 2.45) is 0 Å². The highest BCUT2D eigenvalue weighted by Crippen LogP contribution is 2.45. The van der Waals surface area contributed by atoms with Crippen molar-refractivity contribution in [1.82, 2.24) is 10.0 Å². The molecule has 0 saturated carbocycles. The summed E-state index contributed by atoms with van der Waals surface area (Å²) in [4.78, 5) is 50.8. The maximum atomic E-state index is 14.5. The van der Waals surface area contributed by atoms with E-state index in [1.165, 1.54) is 30.3 Å². The van der Waals surface area contributed by atoms with Gasteiger partial charge in [0.2, 0.25) is 0 Å². The van der Waals surface area contributed by atoms with E-state index in [1.807, 2.05) is 0 Å². The van der Waals surface area contributed by atoms with E-state index < -0.39 is 35.0 Å². The molecule has 0 aliphatic carbocycles. The quantitative estimate of drug-likeness (QED) is 0.0963. The maximum Gasteiger partial charge on any atom is 0.282 e. The molecule has 0 unspecified atom stereocenters. The molecule has 3 aromatic rings. The van der Waals surface area contributed by atoms with Crippen LogP contribution in [-0.2, 0) is 6.54 Å². The number of carbonyl (C=O) groups is 3. The summed E-state index contributed by atoms with van der Waals surface area (Å²) in [5, 5.41) is 12.5. The van der Waals surface area contributed by atoms with Gasteiger partial charge < -0.3 is 0 Å². The first-order valence-electron chi connectivity index (χ1n) is 9.59. The molecule has 178 valence electrons. The van der Waals surface area contributed by atoms with Crippen LogP contribution >= 0.6 is 63.7 Å². The van der Waals surface area contributed by atoms with E-state index >= 15 is 0 Å². The number of benzene rings is 3. The third-order valence-electron chi connectivity index (χ3n) is 5.16. The number of rotatable bonds is 5. The molecule has 0 radical (unpaired) electrons. The van der Waals surface area contributed by atoms with Crippen LogP contribution in [0.3, 0.4) is 0 Å². The number of nitro benzene ring substituents is 1. The van der Waals surface area contributed by atoms with Gasteiger partial charge in [-0.3, -0.25) is 24.5 Å². The van der Waals surface area contributed by atoms with Crippen molar-refractivity contribution >= 4 is 87.1 Å². The summed E-state index contributed by atoms with van der Waals surface area (Å²) in [5.41, 5.74) is -0.215. The van der Waals surface area contributed by atoms with Crippen molar-refractivity contribution in [2.45, 2.75) is 6.54 Å². The second-order valence-corrected chi connectivity index (χ2v) is 10.4. The van der Waals surface area contributed by atoms with Crippen molar-refractivity contribution in [3.05, 3.63) is 105 Å². The van der Waals surface area contributed by atoms with Gasteiger partial charge in [0.1, 0.15) is 5.82 Å². The summed E-state index contributed by atoms with van der Waals surface area (Å²) in [5.74, 6) is -3.09. The van der Waals surface area contributed by atoms with Gasteiger partial charge in [0.15, 0.2) is 0 Å². The molecule has 1 heterocycles. The fourth-order valence-electron chi connectivity index (χ4n) is 3.45. The minimum atomic E-state index is -0.831. The molecule has 0 aromatic heterocycles. The van der Waals surface area contributed by atoms with Crippen molar-refractivity contribution in [3.63, 3.8) is 0 Å². The lowest BCUT2D eigenvalue weighted by atomic mass is 10.1. The van der Waals surface area contributed by atoms with Crippen molar-refractivity contribution in [1.29, 1.82) is 0 Å². The first-order chi connectivity index (χ1) is 16.5. The minimum Gasteiger partial charge on any atom is -0.267 e. The zero-order valence-corrected chi connectivity index (χ0v) is 23.4. The zero-order valence-electron chi connectivity index (χ0n) is 17.1. The Morgan fingerprint density at radius 3 is 1.89 bits per heavy atom. The van der Waals surface area contributed by atoms with Gasteiger partial charge in [0.05, 0.1) is 22.6 Å². The van der Waals surface area contributed by atoms with Crippen LogP contribution in [0.15, 0.2) is 66.4 Å². The van der Waals surface area contributed by atoms with E-state index in [9.17, 15) is 28.9 Å². The smallest absolute Gasteiger partial charge is 0.267 e. The van der Waals surface area contributed by atoms with Gasteiger partial charge in [-0.05, 0) is 81.9 Å². The Balaban J connectivity index is 1.84. The first kappa shape index (κ1) is 25.6. The minimum absolute atomic E-state index is 0.00647. The van der Waals surface area contributed by atoms with Crippen molar-refractivity contribution in [3.8, 4) is 0 Å². The van der Waals surface area contributed by atoms with Crippen LogP contribution in [0.1, 0.15) is 36.6 Å². The Kier molecular flexibility index (Phi) is 7.23. The lowest BCUT2D eigenvalue weighted by Crippen LogP contribution is -2.49. The zero-order chi connectivity index (χ0) is 25.6. The number of nitrogens with zero attached hydrogens (tertiary/aromatic N) is 3. The Bertz CT molecular complexity index is 1380. The van der Waals surface area contributed by atoms with Crippen molar-refractivity contribution in [2.75, 3.05) is 0 Å². The largest absolute Gasteiger partial charge is 0.282 e. The Morgan fingerprint density at radius 2 is 1.40 bits per heavy atom. The number of imide groups is 1. The fourth-order valence-corrected chi connectivity index (χ4v) is 5.91. The molecule has 3 aromatic carbocycles. The maximum absolute atomic E-state index is 14.5. The number of hydrogen-bond acceptors (Lipinski definition) is 5. The van der Waals surface area contributed by atoms with Gasteiger partial charge in [0, 0.05) is 41.2 Å². The molecule has 35 heavy (non-hydrogen) atoms. The van der Waals surface area contributed by atoms with Gasteiger partial charge in [-0.25, -0.2) is 9.40 Å². The van der Waals surface area contributed by atoms with E-state index in [-0.39, 0.29) is 36.9 Å². The van der Waals surface area contributed by atoms with Gasteiger partial charge in [-0.2, -0.15) is 5.01 Å². The highest BCUT2D eigenvalue weighted by molar-refractivity contribution is 9.15.